The summed E-state index contributed by atoms with van der Waals surface area (Å²) in [4.78, 5) is 12.8. The molecule has 7 nitrogen and oxygen atoms in total. The van der Waals surface area contributed by atoms with Gasteiger partial charge in [0.25, 0.3) is 0 Å². The molecule has 0 aromatic heterocycles. The van der Waals surface area contributed by atoms with E-state index in [0.29, 0.717) is 12.1 Å². The first-order valence-corrected chi connectivity index (χ1v) is 11.2. The minimum absolute atomic E-state index is 0.0637. The third-order valence-corrected chi connectivity index (χ3v) is 5.24. The molecule has 1 atom stereocenters. The molecule has 2 aromatic carbocycles. The van der Waals surface area contributed by atoms with Crippen molar-refractivity contribution in [1.29, 1.82) is 0 Å². The fourth-order valence-electron chi connectivity index (χ4n) is 3.21. The Morgan fingerprint density at radius 1 is 1.21 bits per heavy atom. The number of benzene rings is 2. The number of sulfonamides is 1. The van der Waals surface area contributed by atoms with Crippen LogP contribution in [0.15, 0.2) is 53.6 Å². The number of nitrogens with one attached hydrogen (secondary N) is 1. The van der Waals surface area contributed by atoms with Crippen molar-refractivity contribution in [2.75, 3.05) is 18.1 Å². The summed E-state index contributed by atoms with van der Waals surface area (Å²) in [6.07, 6.45) is 1.64. The number of hydrogen-bond acceptors (Lipinski definition) is 5. The summed E-state index contributed by atoms with van der Waals surface area (Å²) in [5.41, 5.74) is 2.93. The number of amides is 1. The van der Waals surface area contributed by atoms with E-state index in [1.54, 1.807) is 30.3 Å². The topological polar surface area (TPSA) is 88.1 Å². The molecule has 0 saturated heterocycles. The van der Waals surface area contributed by atoms with Crippen LogP contribution in [0.2, 0.25) is 0 Å². The van der Waals surface area contributed by atoms with Crippen molar-refractivity contribution in [3.8, 4) is 5.75 Å². The van der Waals surface area contributed by atoms with E-state index in [0.717, 1.165) is 28.8 Å². The van der Waals surface area contributed by atoms with Crippen molar-refractivity contribution < 1.29 is 17.9 Å². The van der Waals surface area contributed by atoms with Gasteiger partial charge in [0.05, 0.1) is 25.1 Å². The molecule has 1 aliphatic heterocycles. The van der Waals surface area contributed by atoms with E-state index in [1.807, 2.05) is 44.2 Å². The third kappa shape index (κ3) is 4.95. The van der Waals surface area contributed by atoms with E-state index in [4.69, 9.17) is 4.74 Å². The first-order valence-electron chi connectivity index (χ1n) is 9.30. The molecule has 0 spiro atoms. The summed E-state index contributed by atoms with van der Waals surface area (Å²) in [7, 11) is -1.77. The Morgan fingerprint density at radius 2 is 1.90 bits per heavy atom. The molecule has 1 N–H and O–H groups in total. The van der Waals surface area contributed by atoms with Crippen LogP contribution < -0.4 is 9.46 Å². The lowest BCUT2D eigenvalue weighted by atomic mass is 9.97. The molecule has 0 saturated carbocycles. The quantitative estimate of drug-likeness (QED) is 0.783. The molecule has 29 heavy (non-hydrogen) atoms. The minimum Gasteiger partial charge on any atom is -0.497 e. The van der Waals surface area contributed by atoms with Crippen LogP contribution >= 0.6 is 0 Å². The zero-order chi connectivity index (χ0) is 21.2. The maximum absolute atomic E-state index is 12.8. The van der Waals surface area contributed by atoms with Crippen LogP contribution in [0.3, 0.4) is 0 Å². The van der Waals surface area contributed by atoms with Gasteiger partial charge in [0, 0.05) is 18.0 Å². The number of hydrazone groups is 1. The Bertz CT molecular complexity index is 1030. The van der Waals surface area contributed by atoms with Crippen LogP contribution in [0.5, 0.6) is 5.75 Å². The van der Waals surface area contributed by atoms with Gasteiger partial charge >= 0.3 is 0 Å². The summed E-state index contributed by atoms with van der Waals surface area (Å²) < 4.78 is 30.8. The summed E-state index contributed by atoms with van der Waals surface area (Å²) in [5.74, 6) is 0.484. The SMILES string of the molecule is COc1ccc([C@@H]2CC(c3cccc(NS(C)(=O)=O)c3)=NN2C(=O)C(C)C)cc1. The highest BCUT2D eigenvalue weighted by molar-refractivity contribution is 7.92. The van der Waals surface area contributed by atoms with Gasteiger partial charge in [-0.3, -0.25) is 9.52 Å². The largest absolute Gasteiger partial charge is 0.497 e. The second-order valence-electron chi connectivity index (χ2n) is 7.33. The van der Waals surface area contributed by atoms with Gasteiger partial charge in [-0.15, -0.1) is 0 Å². The van der Waals surface area contributed by atoms with Gasteiger partial charge in [-0.05, 0) is 35.4 Å². The monoisotopic (exact) mass is 415 g/mol. The summed E-state index contributed by atoms with van der Waals surface area (Å²) in [5, 5.41) is 6.15. The lowest BCUT2D eigenvalue weighted by molar-refractivity contribution is -0.136. The maximum atomic E-state index is 12.8. The van der Waals surface area contributed by atoms with Crippen molar-refractivity contribution >= 4 is 27.3 Å². The number of methoxy groups -OCH3 is 1. The highest BCUT2D eigenvalue weighted by Crippen LogP contribution is 2.35. The van der Waals surface area contributed by atoms with Crippen LogP contribution in [-0.2, 0) is 14.8 Å². The van der Waals surface area contributed by atoms with Crippen molar-refractivity contribution in [3.05, 3.63) is 59.7 Å². The van der Waals surface area contributed by atoms with Gasteiger partial charge in [-0.2, -0.15) is 5.10 Å². The minimum atomic E-state index is -3.38. The van der Waals surface area contributed by atoms with Gasteiger partial charge in [-0.1, -0.05) is 38.1 Å². The van der Waals surface area contributed by atoms with Crippen molar-refractivity contribution in [2.24, 2.45) is 11.0 Å². The molecule has 0 aliphatic carbocycles. The zero-order valence-electron chi connectivity index (χ0n) is 16.9. The van der Waals surface area contributed by atoms with Crippen molar-refractivity contribution in [1.82, 2.24) is 5.01 Å². The highest BCUT2D eigenvalue weighted by atomic mass is 32.2. The highest BCUT2D eigenvalue weighted by Gasteiger charge is 2.34. The van der Waals surface area contributed by atoms with Crippen LogP contribution in [-0.4, -0.2) is 38.4 Å². The first kappa shape index (κ1) is 20.9. The number of nitrogens with zero attached hydrogens (tertiary/aromatic N) is 2. The Labute approximate surface area is 171 Å². The van der Waals surface area contributed by atoms with Crippen LogP contribution in [0.1, 0.15) is 37.4 Å². The number of rotatable bonds is 6. The van der Waals surface area contributed by atoms with Crippen molar-refractivity contribution in [2.45, 2.75) is 26.3 Å². The maximum Gasteiger partial charge on any atom is 0.245 e. The first-order chi connectivity index (χ1) is 13.7. The predicted molar refractivity (Wildman–Crippen MR) is 113 cm³/mol. The Kier molecular flexibility index (Phi) is 5.93. The fraction of sp³-hybridized carbons (Fsp3) is 0.333. The van der Waals surface area contributed by atoms with E-state index in [2.05, 4.69) is 9.82 Å². The standard InChI is InChI=1S/C21H25N3O4S/c1-14(2)21(25)24-20(15-8-10-18(28-3)11-9-15)13-19(22-24)16-6-5-7-17(12-16)23-29(4,26)27/h5-12,14,20,23H,13H2,1-4H3/t20-/m0/s1. The van der Waals surface area contributed by atoms with E-state index in [9.17, 15) is 13.2 Å². The molecule has 3 rings (SSSR count). The molecule has 2 aromatic rings. The third-order valence-electron chi connectivity index (χ3n) is 4.63. The van der Waals surface area contributed by atoms with Gasteiger partial charge in [0.2, 0.25) is 15.9 Å². The Balaban J connectivity index is 1.95. The number of hydrogen-bond donors (Lipinski definition) is 1. The molecule has 0 radical (unpaired) electrons. The molecular formula is C21H25N3O4S. The lowest BCUT2D eigenvalue weighted by Crippen LogP contribution is -2.30. The van der Waals surface area contributed by atoms with Gasteiger partial charge in [0.1, 0.15) is 5.75 Å². The predicted octanol–water partition coefficient (Wildman–Crippen LogP) is 3.40. The fourth-order valence-corrected chi connectivity index (χ4v) is 3.77. The van der Waals surface area contributed by atoms with Crippen molar-refractivity contribution in [3.63, 3.8) is 0 Å². The Morgan fingerprint density at radius 3 is 2.48 bits per heavy atom. The number of ether oxygens (including phenoxy) is 1. The molecule has 0 unspecified atom stereocenters. The lowest BCUT2D eigenvalue weighted by Gasteiger charge is -2.23. The average Bonchev–Trinajstić information content (AvgIpc) is 3.11. The van der Waals surface area contributed by atoms with Gasteiger partial charge < -0.3 is 4.74 Å². The summed E-state index contributed by atoms with van der Waals surface area (Å²) in [6.45, 7) is 3.69. The second kappa shape index (κ2) is 8.24. The number of carbonyl (C=O) groups excluding carboxylic acids is 1. The van der Waals surface area contributed by atoms with Crippen LogP contribution in [0.4, 0.5) is 5.69 Å². The molecule has 8 heteroatoms. The molecule has 1 amide bonds. The molecule has 154 valence electrons. The van der Waals surface area contributed by atoms with Crippen LogP contribution in [0.25, 0.3) is 0 Å². The zero-order valence-corrected chi connectivity index (χ0v) is 17.7. The molecule has 1 aliphatic rings. The Hall–Kier alpha value is -2.87. The van der Waals surface area contributed by atoms with E-state index in [-0.39, 0.29) is 17.9 Å². The average molecular weight is 416 g/mol. The van der Waals surface area contributed by atoms with Gasteiger partial charge in [-0.25, -0.2) is 13.4 Å². The van der Waals surface area contributed by atoms with Gasteiger partial charge in [0.15, 0.2) is 0 Å². The number of carbonyl (C=O) groups is 1. The second-order valence-corrected chi connectivity index (χ2v) is 9.08. The normalized spacial score (nSPS) is 16.7. The number of anilines is 1. The summed E-state index contributed by atoms with van der Waals surface area (Å²) in [6, 6.07) is 14.4. The van der Waals surface area contributed by atoms with E-state index >= 15 is 0 Å². The molecular weight excluding hydrogens is 390 g/mol. The molecule has 1 heterocycles. The summed E-state index contributed by atoms with van der Waals surface area (Å²) >= 11 is 0. The smallest absolute Gasteiger partial charge is 0.245 e. The van der Waals surface area contributed by atoms with E-state index in [1.165, 1.54) is 0 Å². The van der Waals surface area contributed by atoms with Crippen LogP contribution in [0, 0.1) is 5.92 Å². The van der Waals surface area contributed by atoms with E-state index < -0.39 is 10.0 Å². The molecule has 0 bridgehead atoms. The molecule has 0 fully saturated rings.